The quantitative estimate of drug-likeness (QED) is 0.834. The molecule has 0 aliphatic carbocycles. The van der Waals surface area contributed by atoms with Crippen LogP contribution in [-0.4, -0.2) is 48.0 Å². The van der Waals surface area contributed by atoms with Crippen LogP contribution in [0, 0.1) is 5.82 Å². The summed E-state index contributed by atoms with van der Waals surface area (Å²) in [4.78, 5) is 14.6. The summed E-state index contributed by atoms with van der Waals surface area (Å²) in [6, 6.07) is 4.28. The van der Waals surface area contributed by atoms with Crippen molar-refractivity contribution >= 4 is 5.91 Å². The molecule has 0 N–H and O–H groups in total. The normalized spacial score (nSPS) is 16.6. The van der Waals surface area contributed by atoms with E-state index in [2.05, 4.69) is 5.10 Å². The van der Waals surface area contributed by atoms with Gasteiger partial charge < -0.3 is 14.4 Å². The summed E-state index contributed by atoms with van der Waals surface area (Å²) in [6.45, 7) is 4.22. The van der Waals surface area contributed by atoms with Crippen molar-refractivity contribution in [3.63, 3.8) is 0 Å². The monoisotopic (exact) mass is 347 g/mol. The Morgan fingerprint density at radius 2 is 2.20 bits per heavy atom. The van der Waals surface area contributed by atoms with E-state index in [-0.39, 0.29) is 17.6 Å². The SMILES string of the molecule is CCn1cc2c(n1)[C@H](COC)CN(C(=O)c1ccc(OC)c(F)c1)C2. The summed E-state index contributed by atoms with van der Waals surface area (Å²) in [5.74, 6) is -0.622. The Labute approximate surface area is 146 Å². The molecule has 1 amide bonds. The zero-order valence-corrected chi connectivity index (χ0v) is 14.7. The molecule has 0 fully saturated rings. The maximum Gasteiger partial charge on any atom is 0.254 e. The first-order valence-corrected chi connectivity index (χ1v) is 8.25. The first-order valence-electron chi connectivity index (χ1n) is 8.25. The zero-order chi connectivity index (χ0) is 18.0. The molecule has 2 aromatic rings. The largest absolute Gasteiger partial charge is 0.494 e. The number of aromatic nitrogens is 2. The topological polar surface area (TPSA) is 56.6 Å². The highest BCUT2D eigenvalue weighted by molar-refractivity contribution is 5.94. The lowest BCUT2D eigenvalue weighted by Gasteiger charge is -2.31. The molecule has 0 bridgehead atoms. The molecule has 1 aromatic heterocycles. The van der Waals surface area contributed by atoms with Gasteiger partial charge in [-0.25, -0.2) is 4.39 Å². The highest BCUT2D eigenvalue weighted by Crippen LogP contribution is 2.29. The van der Waals surface area contributed by atoms with Crippen LogP contribution in [0.4, 0.5) is 4.39 Å². The second-order valence-electron chi connectivity index (χ2n) is 6.08. The van der Waals surface area contributed by atoms with Gasteiger partial charge in [0.05, 0.1) is 19.4 Å². The molecule has 1 aromatic carbocycles. The number of hydrogen-bond acceptors (Lipinski definition) is 4. The molecule has 134 valence electrons. The van der Waals surface area contributed by atoms with Crippen LogP contribution in [0.1, 0.15) is 34.5 Å². The number of hydrogen-bond donors (Lipinski definition) is 0. The van der Waals surface area contributed by atoms with E-state index in [1.54, 1.807) is 18.1 Å². The Morgan fingerprint density at radius 1 is 1.40 bits per heavy atom. The van der Waals surface area contributed by atoms with E-state index in [1.807, 2.05) is 17.8 Å². The van der Waals surface area contributed by atoms with Gasteiger partial charge in [-0.1, -0.05) is 0 Å². The number of nitrogens with zero attached hydrogens (tertiary/aromatic N) is 3. The van der Waals surface area contributed by atoms with E-state index in [0.29, 0.717) is 25.3 Å². The van der Waals surface area contributed by atoms with Crippen LogP contribution in [-0.2, 0) is 17.8 Å². The zero-order valence-electron chi connectivity index (χ0n) is 14.7. The molecule has 0 spiro atoms. The van der Waals surface area contributed by atoms with E-state index < -0.39 is 5.82 Å². The number of aryl methyl sites for hydroxylation is 1. The minimum absolute atomic E-state index is 0.00796. The van der Waals surface area contributed by atoms with Crippen LogP contribution in [0.15, 0.2) is 24.4 Å². The van der Waals surface area contributed by atoms with Gasteiger partial charge in [-0.2, -0.15) is 5.10 Å². The van der Waals surface area contributed by atoms with Gasteiger partial charge in [0.1, 0.15) is 0 Å². The average molecular weight is 347 g/mol. The molecule has 3 rings (SSSR count). The van der Waals surface area contributed by atoms with Crippen molar-refractivity contribution in [3.05, 3.63) is 47.0 Å². The molecule has 7 heteroatoms. The lowest BCUT2D eigenvalue weighted by Crippen LogP contribution is -2.39. The number of fused-ring (bicyclic) bond motifs is 1. The maximum atomic E-state index is 13.9. The fourth-order valence-electron chi connectivity index (χ4n) is 3.20. The summed E-state index contributed by atoms with van der Waals surface area (Å²) in [5, 5.41) is 4.59. The number of rotatable bonds is 5. The van der Waals surface area contributed by atoms with Crippen molar-refractivity contribution in [1.82, 2.24) is 14.7 Å². The minimum Gasteiger partial charge on any atom is -0.494 e. The van der Waals surface area contributed by atoms with Crippen LogP contribution in [0.25, 0.3) is 0 Å². The number of methoxy groups -OCH3 is 2. The Balaban J connectivity index is 1.87. The standard InChI is InChI=1S/C18H22FN3O3/c1-4-22-10-13-8-21(9-14(11-24-2)17(13)20-22)18(23)12-5-6-16(25-3)15(19)7-12/h5-7,10,14H,4,8-9,11H2,1-3H3/t14-/m0/s1. The number of halogens is 1. The number of ether oxygens (including phenoxy) is 2. The molecule has 1 aliphatic rings. The second-order valence-corrected chi connectivity index (χ2v) is 6.08. The minimum atomic E-state index is -0.543. The fraction of sp³-hybridized carbons (Fsp3) is 0.444. The van der Waals surface area contributed by atoms with E-state index in [0.717, 1.165) is 17.8 Å². The first-order chi connectivity index (χ1) is 12.1. The van der Waals surface area contributed by atoms with E-state index in [4.69, 9.17) is 9.47 Å². The summed E-state index contributed by atoms with van der Waals surface area (Å²) < 4.78 is 26.0. The molecule has 0 radical (unpaired) electrons. The van der Waals surface area contributed by atoms with Crippen molar-refractivity contribution in [1.29, 1.82) is 0 Å². The third-order valence-corrected chi connectivity index (χ3v) is 4.44. The molecular formula is C18H22FN3O3. The van der Waals surface area contributed by atoms with Crippen molar-refractivity contribution in [2.45, 2.75) is 25.9 Å². The number of carbonyl (C=O) groups is 1. The predicted octanol–water partition coefficient (Wildman–Crippen LogP) is 2.44. The van der Waals surface area contributed by atoms with Crippen LogP contribution in [0.3, 0.4) is 0 Å². The molecule has 6 nitrogen and oxygen atoms in total. The van der Waals surface area contributed by atoms with Crippen molar-refractivity contribution in [2.24, 2.45) is 0 Å². The highest BCUT2D eigenvalue weighted by atomic mass is 19.1. The number of benzene rings is 1. The second kappa shape index (κ2) is 7.23. The maximum absolute atomic E-state index is 13.9. The summed E-state index contributed by atoms with van der Waals surface area (Å²) in [6.07, 6.45) is 1.96. The van der Waals surface area contributed by atoms with Crippen molar-refractivity contribution in [3.8, 4) is 5.75 Å². The van der Waals surface area contributed by atoms with Crippen molar-refractivity contribution in [2.75, 3.05) is 27.4 Å². The molecule has 1 aliphatic heterocycles. The molecule has 25 heavy (non-hydrogen) atoms. The Bertz CT molecular complexity index is 775. The molecule has 0 unspecified atom stereocenters. The Kier molecular flexibility index (Phi) is 5.03. The van der Waals surface area contributed by atoms with E-state index in [9.17, 15) is 9.18 Å². The van der Waals surface area contributed by atoms with Crippen LogP contribution in [0.5, 0.6) is 5.75 Å². The van der Waals surface area contributed by atoms with Gasteiger partial charge in [-0.3, -0.25) is 9.48 Å². The molecular weight excluding hydrogens is 325 g/mol. The van der Waals surface area contributed by atoms with Gasteiger partial charge in [0, 0.05) is 50.0 Å². The van der Waals surface area contributed by atoms with E-state index >= 15 is 0 Å². The average Bonchev–Trinajstić information content (AvgIpc) is 3.04. The molecule has 0 saturated heterocycles. The van der Waals surface area contributed by atoms with Crippen molar-refractivity contribution < 1.29 is 18.7 Å². The van der Waals surface area contributed by atoms with Gasteiger partial charge in [0.15, 0.2) is 11.6 Å². The summed E-state index contributed by atoms with van der Waals surface area (Å²) in [5.41, 5.74) is 2.30. The lowest BCUT2D eigenvalue weighted by atomic mass is 9.96. The Morgan fingerprint density at radius 3 is 2.84 bits per heavy atom. The molecule has 2 heterocycles. The highest BCUT2D eigenvalue weighted by Gasteiger charge is 2.31. The first kappa shape index (κ1) is 17.4. The molecule has 0 saturated carbocycles. The van der Waals surface area contributed by atoms with Crippen LogP contribution >= 0.6 is 0 Å². The molecule has 1 atom stereocenters. The van der Waals surface area contributed by atoms with Gasteiger partial charge in [0.25, 0.3) is 5.91 Å². The summed E-state index contributed by atoms with van der Waals surface area (Å²) in [7, 11) is 3.03. The predicted molar refractivity (Wildman–Crippen MR) is 90.2 cm³/mol. The van der Waals surface area contributed by atoms with Gasteiger partial charge in [0.2, 0.25) is 0 Å². The Hall–Kier alpha value is -2.41. The third kappa shape index (κ3) is 3.37. The van der Waals surface area contributed by atoms with Crippen LogP contribution < -0.4 is 4.74 Å². The fourth-order valence-corrected chi connectivity index (χ4v) is 3.20. The number of carbonyl (C=O) groups excluding carboxylic acids is 1. The van der Waals surface area contributed by atoms with Gasteiger partial charge in [-0.05, 0) is 25.1 Å². The number of amides is 1. The third-order valence-electron chi connectivity index (χ3n) is 4.44. The smallest absolute Gasteiger partial charge is 0.254 e. The van der Waals surface area contributed by atoms with Crippen LogP contribution in [0.2, 0.25) is 0 Å². The van der Waals surface area contributed by atoms with Gasteiger partial charge >= 0.3 is 0 Å². The lowest BCUT2D eigenvalue weighted by molar-refractivity contribution is 0.0678. The van der Waals surface area contributed by atoms with Gasteiger partial charge in [-0.15, -0.1) is 0 Å². The van der Waals surface area contributed by atoms with E-state index in [1.165, 1.54) is 19.2 Å². The summed E-state index contributed by atoms with van der Waals surface area (Å²) >= 11 is 0.